The van der Waals surface area contributed by atoms with Crippen LogP contribution in [0.4, 0.5) is 5.69 Å². The predicted octanol–water partition coefficient (Wildman–Crippen LogP) is 1.33. The summed E-state index contributed by atoms with van der Waals surface area (Å²) in [6, 6.07) is 5.15. The van der Waals surface area contributed by atoms with Crippen LogP contribution in [0.3, 0.4) is 0 Å². The van der Waals surface area contributed by atoms with E-state index in [9.17, 15) is 13.5 Å². The number of aromatic amines is 1. The molecule has 0 saturated carbocycles. The molecule has 0 spiro atoms. The number of aliphatic hydroxyl groups is 1. The van der Waals surface area contributed by atoms with Gasteiger partial charge in [-0.3, -0.25) is 9.82 Å². The zero-order chi connectivity index (χ0) is 15.6. The number of aromatic nitrogens is 2. The average molecular weight is 311 g/mol. The molecule has 21 heavy (non-hydrogen) atoms. The second kappa shape index (κ2) is 5.74. The van der Waals surface area contributed by atoms with Crippen LogP contribution in [0, 0.1) is 13.8 Å². The third kappa shape index (κ3) is 3.01. The summed E-state index contributed by atoms with van der Waals surface area (Å²) in [5, 5.41) is 15.4. The highest BCUT2D eigenvalue weighted by Gasteiger charge is 2.24. The van der Waals surface area contributed by atoms with Gasteiger partial charge in [0.15, 0.2) is 0 Å². The van der Waals surface area contributed by atoms with Crippen molar-refractivity contribution in [1.29, 1.82) is 0 Å². The smallest absolute Gasteiger partial charge is 0.281 e. The standard InChI is InChI=1S/C13H17N3O4S/c1-8-4-5-12(20-3)11(6-8)16-21(18,19)13-10(7-17)9(2)14-15-13/h4-6,16-17H,7H2,1-3H3,(H,14,15). The Labute approximate surface area is 123 Å². The zero-order valence-corrected chi connectivity index (χ0v) is 12.8. The highest BCUT2D eigenvalue weighted by molar-refractivity contribution is 7.92. The van der Waals surface area contributed by atoms with E-state index in [-0.39, 0.29) is 10.6 Å². The molecule has 1 aromatic heterocycles. The van der Waals surface area contributed by atoms with Crippen LogP contribution in [-0.2, 0) is 16.6 Å². The molecule has 0 aliphatic heterocycles. The zero-order valence-electron chi connectivity index (χ0n) is 12.0. The first kappa shape index (κ1) is 15.3. The summed E-state index contributed by atoms with van der Waals surface area (Å²) in [5.74, 6) is 0.405. The van der Waals surface area contributed by atoms with Crippen molar-refractivity contribution in [3.63, 3.8) is 0 Å². The van der Waals surface area contributed by atoms with Gasteiger partial charge in [0.1, 0.15) is 5.75 Å². The lowest BCUT2D eigenvalue weighted by molar-refractivity contribution is 0.277. The number of benzene rings is 1. The van der Waals surface area contributed by atoms with Crippen molar-refractivity contribution in [2.45, 2.75) is 25.5 Å². The van der Waals surface area contributed by atoms with E-state index in [1.54, 1.807) is 19.1 Å². The van der Waals surface area contributed by atoms with E-state index in [4.69, 9.17) is 4.74 Å². The van der Waals surface area contributed by atoms with E-state index in [0.717, 1.165) is 5.56 Å². The summed E-state index contributed by atoms with van der Waals surface area (Å²) in [6.45, 7) is 3.07. The van der Waals surface area contributed by atoms with E-state index in [1.165, 1.54) is 7.11 Å². The van der Waals surface area contributed by atoms with Crippen molar-refractivity contribution < 1.29 is 18.3 Å². The van der Waals surface area contributed by atoms with Gasteiger partial charge < -0.3 is 9.84 Å². The summed E-state index contributed by atoms with van der Waals surface area (Å²) < 4.78 is 32.4. The molecule has 114 valence electrons. The molecule has 0 aliphatic carbocycles. The maximum Gasteiger partial charge on any atom is 0.281 e. The fourth-order valence-corrected chi connectivity index (χ4v) is 3.19. The van der Waals surface area contributed by atoms with Gasteiger partial charge in [-0.1, -0.05) is 6.07 Å². The maximum absolute atomic E-state index is 12.4. The third-order valence-electron chi connectivity index (χ3n) is 3.05. The highest BCUT2D eigenvalue weighted by Crippen LogP contribution is 2.28. The Morgan fingerprint density at radius 2 is 2.10 bits per heavy atom. The molecule has 0 radical (unpaired) electrons. The number of aryl methyl sites for hydroxylation is 2. The highest BCUT2D eigenvalue weighted by atomic mass is 32.2. The number of hydrogen-bond acceptors (Lipinski definition) is 5. The van der Waals surface area contributed by atoms with Crippen LogP contribution in [0.25, 0.3) is 0 Å². The number of rotatable bonds is 5. The Morgan fingerprint density at radius 3 is 2.71 bits per heavy atom. The lowest BCUT2D eigenvalue weighted by atomic mass is 10.2. The number of aliphatic hydroxyl groups excluding tert-OH is 1. The largest absolute Gasteiger partial charge is 0.495 e. The van der Waals surface area contributed by atoms with E-state index < -0.39 is 16.6 Å². The molecule has 2 rings (SSSR count). The van der Waals surface area contributed by atoms with Crippen molar-refractivity contribution in [1.82, 2.24) is 10.2 Å². The molecule has 7 nitrogen and oxygen atoms in total. The van der Waals surface area contributed by atoms with Crippen molar-refractivity contribution in [2.75, 3.05) is 11.8 Å². The number of nitrogens with one attached hydrogen (secondary N) is 2. The molecule has 3 N–H and O–H groups in total. The van der Waals surface area contributed by atoms with E-state index >= 15 is 0 Å². The van der Waals surface area contributed by atoms with E-state index in [0.29, 0.717) is 17.1 Å². The lowest BCUT2D eigenvalue weighted by Gasteiger charge is -2.12. The van der Waals surface area contributed by atoms with Gasteiger partial charge in [0.2, 0.25) is 5.03 Å². The number of methoxy groups -OCH3 is 1. The van der Waals surface area contributed by atoms with Crippen molar-refractivity contribution in [3.8, 4) is 5.75 Å². The summed E-state index contributed by atoms with van der Waals surface area (Å²) in [7, 11) is -2.46. The number of sulfonamides is 1. The molecule has 0 amide bonds. The Morgan fingerprint density at radius 1 is 1.38 bits per heavy atom. The number of nitrogens with zero attached hydrogens (tertiary/aromatic N) is 1. The first-order valence-corrected chi connectivity index (χ1v) is 7.69. The van der Waals surface area contributed by atoms with Crippen LogP contribution >= 0.6 is 0 Å². The van der Waals surface area contributed by atoms with Gasteiger partial charge in [-0.15, -0.1) is 0 Å². The summed E-state index contributed by atoms with van der Waals surface area (Å²) in [4.78, 5) is 0. The molecule has 0 saturated heterocycles. The molecule has 8 heteroatoms. The van der Waals surface area contributed by atoms with Gasteiger partial charge in [-0.2, -0.15) is 13.5 Å². The van der Waals surface area contributed by atoms with Crippen LogP contribution in [0.1, 0.15) is 16.8 Å². The normalized spacial score (nSPS) is 11.4. The number of H-pyrrole nitrogens is 1. The summed E-state index contributed by atoms with van der Waals surface area (Å²) >= 11 is 0. The fraction of sp³-hybridized carbons (Fsp3) is 0.308. The van der Waals surface area contributed by atoms with Gasteiger partial charge in [-0.25, -0.2) is 0 Å². The molecular weight excluding hydrogens is 294 g/mol. The van der Waals surface area contributed by atoms with Crippen LogP contribution in [0.5, 0.6) is 5.75 Å². The van der Waals surface area contributed by atoms with Crippen LogP contribution in [0.2, 0.25) is 0 Å². The Balaban J connectivity index is 2.44. The molecular formula is C13H17N3O4S. The maximum atomic E-state index is 12.4. The summed E-state index contributed by atoms with van der Waals surface area (Å²) in [5.41, 5.74) is 1.96. The van der Waals surface area contributed by atoms with Gasteiger partial charge >= 0.3 is 0 Å². The SMILES string of the molecule is COc1ccc(C)cc1NS(=O)(=O)c1n[nH]c(C)c1CO. The van der Waals surface area contributed by atoms with Crippen LogP contribution < -0.4 is 9.46 Å². The third-order valence-corrected chi connectivity index (χ3v) is 4.38. The molecule has 0 atom stereocenters. The van der Waals surface area contributed by atoms with E-state index in [1.807, 2.05) is 13.0 Å². The predicted molar refractivity (Wildman–Crippen MR) is 77.8 cm³/mol. The number of hydrogen-bond donors (Lipinski definition) is 3. The molecule has 0 bridgehead atoms. The Kier molecular flexibility index (Phi) is 4.19. The Hall–Kier alpha value is -2.06. The minimum atomic E-state index is -3.92. The van der Waals surface area contributed by atoms with E-state index in [2.05, 4.69) is 14.9 Å². The van der Waals surface area contributed by atoms with Gasteiger partial charge in [0.05, 0.1) is 19.4 Å². The minimum Gasteiger partial charge on any atom is -0.495 e. The summed E-state index contributed by atoms with van der Waals surface area (Å²) in [6.07, 6.45) is 0. The van der Waals surface area contributed by atoms with Gasteiger partial charge in [0, 0.05) is 11.3 Å². The molecule has 0 unspecified atom stereocenters. The molecule has 1 heterocycles. The van der Waals surface area contributed by atoms with Crippen LogP contribution in [0.15, 0.2) is 23.2 Å². The Bertz CT molecular complexity index is 753. The second-order valence-corrected chi connectivity index (χ2v) is 6.20. The lowest BCUT2D eigenvalue weighted by Crippen LogP contribution is -2.16. The average Bonchev–Trinajstić information content (AvgIpc) is 2.80. The van der Waals surface area contributed by atoms with Crippen molar-refractivity contribution in [2.24, 2.45) is 0 Å². The van der Waals surface area contributed by atoms with Gasteiger partial charge in [-0.05, 0) is 31.5 Å². The molecule has 1 aromatic carbocycles. The topological polar surface area (TPSA) is 104 Å². The number of ether oxygens (including phenoxy) is 1. The molecule has 2 aromatic rings. The first-order valence-electron chi connectivity index (χ1n) is 6.21. The molecule has 0 aliphatic rings. The second-order valence-electron chi connectivity index (χ2n) is 4.60. The number of anilines is 1. The van der Waals surface area contributed by atoms with Crippen molar-refractivity contribution in [3.05, 3.63) is 35.0 Å². The molecule has 0 fully saturated rings. The fourth-order valence-electron chi connectivity index (χ4n) is 1.93. The first-order chi connectivity index (χ1) is 9.89. The minimum absolute atomic E-state index is 0.217. The van der Waals surface area contributed by atoms with Gasteiger partial charge in [0.25, 0.3) is 10.0 Å². The van der Waals surface area contributed by atoms with Crippen molar-refractivity contribution >= 4 is 15.7 Å². The quantitative estimate of drug-likeness (QED) is 0.772. The monoisotopic (exact) mass is 311 g/mol. The van der Waals surface area contributed by atoms with Crippen LogP contribution in [-0.4, -0.2) is 30.8 Å².